The standard InChI is InChI=1S/C45H62IN6O9S/c1-7-35-45(46-35,41(55)51-62(57,58)44(6)18-19-44)50-38(53)33-24-29-25-52(33)40(54)37(43(3,4)5)49-42(56)61-34-23-27(34)12-9-8-10-13-31-36(59-21-11-20-47-28-15-16-28)30-17-14-26(2)22-32(30)48-39(31)60-29/h7,14,17,22,27-29,33-35,37,47H,1,8-13,15-16,18-21,23-25H2,2-6H3,(H,49,56)(H,50,53)(H,51,55)/q-1/t27-,29-,33+,34-,35+,37-,45-/m1/s1. The molecule has 6 aliphatic rings. The van der Waals surface area contributed by atoms with Gasteiger partial charge in [-0.15, -0.1) is 0 Å². The number of ether oxygens (including phenoxy) is 3. The number of sulfonamides is 1. The topological polar surface area (TPSA) is 194 Å². The van der Waals surface area contributed by atoms with Crippen LogP contribution in [0.4, 0.5) is 4.79 Å². The van der Waals surface area contributed by atoms with Crippen molar-refractivity contribution in [2.45, 2.75) is 154 Å². The van der Waals surface area contributed by atoms with E-state index in [1.165, 1.54) is 17.7 Å². The van der Waals surface area contributed by atoms with Crippen LogP contribution in [0, 0.1) is 18.3 Å². The van der Waals surface area contributed by atoms with Gasteiger partial charge in [0.15, 0.2) is 0 Å². The van der Waals surface area contributed by atoms with E-state index in [-0.39, 0.29) is 25.0 Å². The monoisotopic (exact) mass is 989 g/mol. The zero-order valence-corrected chi connectivity index (χ0v) is 39.5. The van der Waals surface area contributed by atoms with Gasteiger partial charge < -0.3 is 5.32 Å². The summed E-state index contributed by atoms with van der Waals surface area (Å²) in [6, 6.07) is 4.48. The van der Waals surface area contributed by atoms with Crippen LogP contribution in [0.1, 0.15) is 109 Å². The molecule has 3 aliphatic heterocycles. The summed E-state index contributed by atoms with van der Waals surface area (Å²) >= 11 is -1.07. The van der Waals surface area contributed by atoms with Gasteiger partial charge in [-0.05, 0) is 39.2 Å². The molecule has 2 aromatic rings. The third-order valence-electron chi connectivity index (χ3n) is 13.1. The van der Waals surface area contributed by atoms with Crippen LogP contribution in [-0.2, 0) is 35.6 Å². The predicted octanol–water partition coefficient (Wildman–Crippen LogP) is 1.53. The number of nitrogens with zero attached hydrogens (tertiary/aromatic N) is 2. The third kappa shape index (κ3) is 9.69. The number of fused-ring (bicyclic) bond motifs is 5. The van der Waals surface area contributed by atoms with Crippen molar-refractivity contribution in [2.75, 3.05) is 19.7 Å². The molecular weight excluding hydrogens is 927 g/mol. The van der Waals surface area contributed by atoms with Crippen LogP contribution in [0.2, 0.25) is 0 Å². The average molecular weight is 990 g/mol. The molecule has 0 spiro atoms. The number of hydrogen-bond acceptors (Lipinski definition) is 11. The molecule has 4 N–H and O–H groups in total. The van der Waals surface area contributed by atoms with Gasteiger partial charge in [-0.2, -0.15) is 0 Å². The Morgan fingerprint density at radius 1 is 1.11 bits per heavy atom. The maximum absolute atomic E-state index is 14.9. The number of halogens is 1. The molecule has 4 amide bonds. The van der Waals surface area contributed by atoms with E-state index in [0.29, 0.717) is 43.3 Å². The molecule has 0 radical (unpaired) electrons. The number of hydrogen-bond donors (Lipinski definition) is 4. The van der Waals surface area contributed by atoms with Gasteiger partial charge in [0.05, 0.1) is 0 Å². The summed E-state index contributed by atoms with van der Waals surface area (Å²) in [5.41, 5.74) is 1.78. The quantitative estimate of drug-likeness (QED) is 0.0793. The molecule has 0 unspecified atom stereocenters. The van der Waals surface area contributed by atoms with Crippen LogP contribution < -0.4 is 51.4 Å². The Bertz CT molecular complexity index is 2230. The van der Waals surface area contributed by atoms with Crippen molar-refractivity contribution >= 4 is 44.7 Å². The van der Waals surface area contributed by atoms with Gasteiger partial charge in [0.1, 0.15) is 0 Å². The van der Waals surface area contributed by atoms with E-state index >= 15 is 0 Å². The van der Waals surface area contributed by atoms with E-state index in [0.717, 1.165) is 67.3 Å². The number of alkyl carbamates (subject to hydrolysis) is 1. The number of carbonyl (C=O) groups excluding carboxylic acids is 4. The van der Waals surface area contributed by atoms with Crippen molar-refractivity contribution in [2.24, 2.45) is 11.3 Å². The Morgan fingerprint density at radius 2 is 1.89 bits per heavy atom. The summed E-state index contributed by atoms with van der Waals surface area (Å²) in [5, 5.41) is 10.2. The molecule has 8 rings (SSSR count). The molecule has 15 nitrogen and oxygen atoms in total. The van der Waals surface area contributed by atoms with Crippen molar-refractivity contribution < 1.29 is 63.0 Å². The second kappa shape index (κ2) is 17.3. The number of aryl methyl sites for hydroxylation is 1. The van der Waals surface area contributed by atoms with E-state index in [4.69, 9.17) is 19.2 Å². The maximum atomic E-state index is 14.9. The minimum atomic E-state index is -3.99. The van der Waals surface area contributed by atoms with Crippen LogP contribution in [-0.4, -0.2) is 104 Å². The molecule has 1 aromatic carbocycles. The summed E-state index contributed by atoms with van der Waals surface area (Å²) < 4.78 is 45.1. The number of nitrogens with one attached hydrogen (secondary N) is 4. The van der Waals surface area contributed by atoms with Crippen LogP contribution in [0.25, 0.3) is 10.9 Å². The van der Waals surface area contributed by atoms with E-state index < -0.39 is 90.9 Å². The fourth-order valence-corrected chi connectivity index (χ4v) is 12.7. The van der Waals surface area contributed by atoms with Gasteiger partial charge in [-0.3, -0.25) is 0 Å². The summed E-state index contributed by atoms with van der Waals surface area (Å²) in [6.07, 6.45) is 9.17. The van der Waals surface area contributed by atoms with Gasteiger partial charge >= 0.3 is 314 Å². The SMILES string of the molecule is C=C[C@@H]1[I-][C@]1(NC(=O)[C@@H]1C[C@@H]2CN1C(=O)[C@H](C(C)(C)C)NC(=O)O[C@@H]1C[C@H]1CCCCCc1c(nc3cc(C)ccc3c1OCCCNC1CC1)O2)C(=O)NS(=O)(=O)C1(C)CC1. The van der Waals surface area contributed by atoms with Crippen LogP contribution in [0.3, 0.4) is 0 Å². The Morgan fingerprint density at radius 3 is 2.58 bits per heavy atom. The van der Waals surface area contributed by atoms with Crippen molar-refractivity contribution in [3.63, 3.8) is 0 Å². The zero-order chi connectivity index (χ0) is 44.2. The number of aromatic nitrogens is 1. The van der Waals surface area contributed by atoms with E-state index in [1.807, 2.05) is 39.8 Å². The average Bonchev–Trinajstić information content (AvgIpc) is 4.04. The molecule has 17 heteroatoms. The number of carbonyl (C=O) groups is 4. The molecule has 2 saturated heterocycles. The number of pyridine rings is 1. The number of rotatable bonds is 12. The molecule has 62 heavy (non-hydrogen) atoms. The van der Waals surface area contributed by atoms with Crippen molar-refractivity contribution in [3.8, 4) is 11.6 Å². The first kappa shape index (κ1) is 44.9. The van der Waals surface area contributed by atoms with Gasteiger partial charge in [-0.1, -0.05) is 12.5 Å². The van der Waals surface area contributed by atoms with Gasteiger partial charge in [0, 0.05) is 6.04 Å². The normalized spacial score (nSPS) is 29.8. The molecule has 7 atom stereocenters. The van der Waals surface area contributed by atoms with Crippen LogP contribution in [0.15, 0.2) is 30.9 Å². The molecule has 4 heterocycles. The van der Waals surface area contributed by atoms with E-state index in [1.54, 1.807) is 13.0 Å². The second-order valence-electron chi connectivity index (χ2n) is 19.5. The summed E-state index contributed by atoms with van der Waals surface area (Å²) in [6.45, 7) is 14.3. The molecule has 340 valence electrons. The first-order valence-corrected chi connectivity index (χ1v) is 26.1. The van der Waals surface area contributed by atoms with Crippen molar-refractivity contribution in [1.82, 2.24) is 30.6 Å². The number of amides is 4. The fourth-order valence-electron chi connectivity index (χ4n) is 8.59. The van der Waals surface area contributed by atoms with E-state index in [2.05, 4.69) is 33.3 Å². The Labute approximate surface area is 375 Å². The number of benzene rings is 1. The van der Waals surface area contributed by atoms with E-state index in [9.17, 15) is 27.6 Å². The first-order chi connectivity index (χ1) is 29.4. The molecule has 3 aliphatic carbocycles. The fraction of sp³-hybridized carbons (Fsp3) is 0.667. The van der Waals surface area contributed by atoms with Gasteiger partial charge in [-0.25, -0.2) is 0 Å². The van der Waals surface area contributed by atoms with Gasteiger partial charge in [0.25, 0.3) is 0 Å². The second-order valence-corrected chi connectivity index (χ2v) is 25.3. The number of alkyl halides is 2. The van der Waals surface area contributed by atoms with Gasteiger partial charge in [0.2, 0.25) is 0 Å². The first-order valence-electron chi connectivity index (χ1n) is 22.3. The zero-order valence-electron chi connectivity index (χ0n) is 36.5. The third-order valence-corrected chi connectivity index (χ3v) is 19.2. The minimum absolute atomic E-state index is 0.0210. The predicted molar refractivity (Wildman–Crippen MR) is 229 cm³/mol. The van der Waals surface area contributed by atoms with Crippen LogP contribution in [0.5, 0.6) is 11.6 Å². The van der Waals surface area contributed by atoms with Crippen LogP contribution >= 0.6 is 0 Å². The molecule has 3 saturated carbocycles. The molecule has 5 fully saturated rings. The van der Waals surface area contributed by atoms with Crippen molar-refractivity contribution in [1.29, 1.82) is 0 Å². The summed E-state index contributed by atoms with van der Waals surface area (Å²) in [7, 11) is -3.99. The van der Waals surface area contributed by atoms with Crippen molar-refractivity contribution in [3.05, 3.63) is 42.0 Å². The summed E-state index contributed by atoms with van der Waals surface area (Å²) in [5.74, 6) is -0.544. The molecule has 1 aromatic heterocycles. The molecular formula is C45H62IN6O9S-. The Hall–Kier alpha value is -3.71. The Kier molecular flexibility index (Phi) is 12.6. The Balaban J connectivity index is 1.13. The summed E-state index contributed by atoms with van der Waals surface area (Å²) in [4.78, 5) is 63.3. The molecule has 2 bridgehead atoms.